The van der Waals surface area contributed by atoms with Crippen LogP contribution in [0.4, 0.5) is 0 Å². The van der Waals surface area contributed by atoms with E-state index in [0.717, 1.165) is 19.4 Å². The van der Waals surface area contributed by atoms with Gasteiger partial charge in [-0.1, -0.05) is 6.08 Å². The predicted octanol–water partition coefficient (Wildman–Crippen LogP) is 0.964. The molecule has 2 N–H and O–H groups in total. The van der Waals surface area contributed by atoms with Gasteiger partial charge in [-0.2, -0.15) is 0 Å². The molecule has 1 heterocycles. The summed E-state index contributed by atoms with van der Waals surface area (Å²) in [5.41, 5.74) is 0.239. The van der Waals surface area contributed by atoms with E-state index in [0.29, 0.717) is 13.0 Å². The fraction of sp³-hybridized carbons (Fsp3) is 0.750. The highest BCUT2D eigenvalue weighted by Crippen LogP contribution is 2.12. The molecule has 17 heavy (non-hydrogen) atoms. The molecule has 0 radical (unpaired) electrons. The smallest absolute Gasteiger partial charge is 0.330 e. The van der Waals surface area contributed by atoms with Gasteiger partial charge in [0.1, 0.15) is 0 Å². The average molecular weight is 244 g/mol. The number of carboxylic acid groups (broad SMARTS) is 1. The minimum Gasteiger partial charge on any atom is -0.478 e. The van der Waals surface area contributed by atoms with E-state index in [2.05, 4.69) is 0 Å². The third kappa shape index (κ3) is 5.81. The lowest BCUT2D eigenvalue weighted by molar-refractivity contribution is -0.132. The van der Waals surface area contributed by atoms with Gasteiger partial charge >= 0.3 is 5.97 Å². The highest BCUT2D eigenvalue weighted by molar-refractivity contribution is 5.85. The van der Waals surface area contributed by atoms with Crippen molar-refractivity contribution in [3.05, 3.63) is 11.6 Å². The first-order chi connectivity index (χ1) is 8.09. The third-order valence-corrected chi connectivity index (χ3v) is 2.67. The van der Waals surface area contributed by atoms with Crippen molar-refractivity contribution in [1.29, 1.82) is 0 Å². The second-order valence-corrected chi connectivity index (χ2v) is 4.25. The molecule has 1 rings (SSSR count). The van der Waals surface area contributed by atoms with Crippen molar-refractivity contribution < 1.29 is 24.5 Å². The van der Waals surface area contributed by atoms with E-state index in [1.54, 1.807) is 0 Å². The lowest BCUT2D eigenvalue weighted by Crippen LogP contribution is -2.20. The van der Waals surface area contributed by atoms with E-state index in [4.69, 9.17) is 14.6 Å². The molecule has 1 saturated heterocycles. The lowest BCUT2D eigenvalue weighted by atomic mass is 10.2. The van der Waals surface area contributed by atoms with Crippen molar-refractivity contribution in [2.75, 3.05) is 19.8 Å². The molecule has 0 aromatic heterocycles. The van der Waals surface area contributed by atoms with Gasteiger partial charge < -0.3 is 19.7 Å². The van der Waals surface area contributed by atoms with E-state index < -0.39 is 12.1 Å². The van der Waals surface area contributed by atoms with Crippen LogP contribution in [0.3, 0.4) is 0 Å². The van der Waals surface area contributed by atoms with Crippen molar-refractivity contribution in [1.82, 2.24) is 0 Å². The Bertz CT molecular complexity index is 268. The molecule has 0 amide bonds. The maximum Gasteiger partial charge on any atom is 0.330 e. The minimum absolute atomic E-state index is 0.151. The van der Waals surface area contributed by atoms with Crippen LogP contribution in [0.25, 0.3) is 0 Å². The van der Waals surface area contributed by atoms with Crippen LogP contribution in [0.5, 0.6) is 0 Å². The molecule has 0 bridgehead atoms. The Hall–Kier alpha value is -0.910. The first-order valence-electron chi connectivity index (χ1n) is 5.87. The average Bonchev–Trinajstić information content (AvgIpc) is 2.78. The van der Waals surface area contributed by atoms with Gasteiger partial charge in [0.2, 0.25) is 0 Å². The summed E-state index contributed by atoms with van der Waals surface area (Å²) in [5.74, 6) is -0.961. The number of aliphatic hydroxyl groups excluding tert-OH is 1. The van der Waals surface area contributed by atoms with Crippen LogP contribution >= 0.6 is 0 Å². The fourth-order valence-electron chi connectivity index (χ4n) is 1.58. The lowest BCUT2D eigenvalue weighted by Gasteiger charge is -2.12. The van der Waals surface area contributed by atoms with Gasteiger partial charge in [-0.15, -0.1) is 0 Å². The highest BCUT2D eigenvalue weighted by Gasteiger charge is 2.15. The summed E-state index contributed by atoms with van der Waals surface area (Å²) >= 11 is 0. The van der Waals surface area contributed by atoms with Crippen LogP contribution in [0.2, 0.25) is 0 Å². The summed E-state index contributed by atoms with van der Waals surface area (Å²) in [4.78, 5) is 10.5. The van der Waals surface area contributed by atoms with Crippen molar-refractivity contribution in [3.8, 4) is 0 Å². The largest absolute Gasteiger partial charge is 0.478 e. The van der Waals surface area contributed by atoms with E-state index in [9.17, 15) is 9.90 Å². The van der Waals surface area contributed by atoms with Gasteiger partial charge in [-0.05, 0) is 26.2 Å². The Kier molecular flexibility index (Phi) is 6.18. The van der Waals surface area contributed by atoms with Crippen LogP contribution in [0.1, 0.15) is 26.2 Å². The molecule has 1 aliphatic heterocycles. The van der Waals surface area contributed by atoms with Gasteiger partial charge in [-0.3, -0.25) is 0 Å². The van der Waals surface area contributed by atoms with Crippen molar-refractivity contribution in [2.45, 2.75) is 38.4 Å². The van der Waals surface area contributed by atoms with E-state index in [1.807, 2.05) is 0 Å². The molecule has 0 aromatic rings. The van der Waals surface area contributed by atoms with Gasteiger partial charge in [0.15, 0.2) is 0 Å². The molecule has 5 heteroatoms. The zero-order chi connectivity index (χ0) is 12.7. The molecule has 0 aromatic carbocycles. The van der Waals surface area contributed by atoms with Crippen molar-refractivity contribution in [3.63, 3.8) is 0 Å². The summed E-state index contributed by atoms with van der Waals surface area (Å²) in [5, 5.41) is 18.2. The standard InChI is InChI=1S/C12H20O5/c1-9(12(14)15)4-5-10(13)7-16-8-11-3-2-6-17-11/h4,10-11,13H,2-3,5-8H2,1H3,(H,14,15). The molecule has 2 atom stereocenters. The molecule has 98 valence electrons. The molecule has 2 unspecified atom stereocenters. The second kappa shape index (κ2) is 7.42. The number of hydrogen-bond donors (Lipinski definition) is 2. The van der Waals surface area contributed by atoms with Gasteiger partial charge in [0.05, 0.1) is 25.4 Å². The monoisotopic (exact) mass is 244 g/mol. The minimum atomic E-state index is -0.961. The molecule has 1 aliphatic rings. The Labute approximate surface area is 101 Å². The zero-order valence-electron chi connectivity index (χ0n) is 10.1. The highest BCUT2D eigenvalue weighted by atomic mass is 16.5. The maximum absolute atomic E-state index is 10.5. The van der Waals surface area contributed by atoms with Crippen LogP contribution in [-0.2, 0) is 14.3 Å². The van der Waals surface area contributed by atoms with Crippen LogP contribution in [-0.4, -0.2) is 48.2 Å². The first kappa shape index (κ1) is 14.2. The van der Waals surface area contributed by atoms with Crippen molar-refractivity contribution >= 4 is 5.97 Å². The Morgan fingerprint density at radius 1 is 1.65 bits per heavy atom. The maximum atomic E-state index is 10.5. The first-order valence-corrected chi connectivity index (χ1v) is 5.87. The van der Waals surface area contributed by atoms with Gasteiger partial charge in [0.25, 0.3) is 0 Å². The molecule has 5 nitrogen and oxygen atoms in total. The molecule has 0 saturated carbocycles. The summed E-state index contributed by atoms with van der Waals surface area (Å²) in [7, 11) is 0. The number of hydrogen-bond acceptors (Lipinski definition) is 4. The zero-order valence-corrected chi connectivity index (χ0v) is 10.1. The SMILES string of the molecule is CC(=CCC(O)COCC1CCCO1)C(=O)O. The number of carboxylic acids is 1. The van der Waals surface area contributed by atoms with E-state index in [-0.39, 0.29) is 18.3 Å². The van der Waals surface area contributed by atoms with Crippen LogP contribution in [0.15, 0.2) is 11.6 Å². The number of ether oxygens (including phenoxy) is 2. The van der Waals surface area contributed by atoms with Crippen LogP contribution in [0, 0.1) is 0 Å². The van der Waals surface area contributed by atoms with Crippen molar-refractivity contribution in [2.24, 2.45) is 0 Å². The normalized spacial score (nSPS) is 22.7. The summed E-state index contributed by atoms with van der Waals surface area (Å²) in [6.45, 7) is 3.00. The molecular formula is C12H20O5. The number of rotatable bonds is 7. The number of aliphatic carboxylic acids is 1. The third-order valence-electron chi connectivity index (χ3n) is 2.67. The summed E-state index contributed by atoms with van der Waals surface area (Å²) in [6, 6.07) is 0. The number of carbonyl (C=O) groups is 1. The van der Waals surface area contributed by atoms with Gasteiger partial charge in [0, 0.05) is 12.2 Å². The molecular weight excluding hydrogens is 224 g/mol. The van der Waals surface area contributed by atoms with Crippen LogP contribution < -0.4 is 0 Å². The molecule has 0 spiro atoms. The molecule has 1 fully saturated rings. The fourth-order valence-corrected chi connectivity index (χ4v) is 1.58. The van der Waals surface area contributed by atoms with E-state index in [1.165, 1.54) is 13.0 Å². The Morgan fingerprint density at radius 2 is 2.41 bits per heavy atom. The predicted molar refractivity (Wildman–Crippen MR) is 61.8 cm³/mol. The molecule has 0 aliphatic carbocycles. The Morgan fingerprint density at radius 3 is 3.00 bits per heavy atom. The van der Waals surface area contributed by atoms with E-state index >= 15 is 0 Å². The summed E-state index contributed by atoms with van der Waals surface area (Å²) in [6.07, 6.45) is 3.36. The number of aliphatic hydroxyl groups is 1. The topological polar surface area (TPSA) is 76.0 Å². The summed E-state index contributed by atoms with van der Waals surface area (Å²) < 4.78 is 10.7. The van der Waals surface area contributed by atoms with Gasteiger partial charge in [-0.25, -0.2) is 4.79 Å². The Balaban J connectivity index is 2.10. The second-order valence-electron chi connectivity index (χ2n) is 4.25. The quantitative estimate of drug-likeness (QED) is 0.652.